The van der Waals surface area contributed by atoms with Crippen molar-refractivity contribution in [2.45, 2.75) is 6.61 Å². The number of rotatable bonds is 3. The molecule has 2 aromatic rings. The van der Waals surface area contributed by atoms with Gasteiger partial charge in [0.05, 0.1) is 10.7 Å². The van der Waals surface area contributed by atoms with Crippen LogP contribution in [0.3, 0.4) is 0 Å². The third kappa shape index (κ3) is 2.52. The van der Waals surface area contributed by atoms with Gasteiger partial charge < -0.3 is 10.5 Å². The van der Waals surface area contributed by atoms with E-state index in [9.17, 15) is 0 Å². The van der Waals surface area contributed by atoms with Crippen molar-refractivity contribution >= 4 is 21.6 Å². The number of benzene rings is 1. The molecule has 0 unspecified atom stereocenters. The van der Waals surface area contributed by atoms with Gasteiger partial charge in [0.1, 0.15) is 18.1 Å². The van der Waals surface area contributed by atoms with Crippen LogP contribution >= 0.6 is 15.9 Å². The van der Waals surface area contributed by atoms with E-state index in [2.05, 4.69) is 26.2 Å². The van der Waals surface area contributed by atoms with Gasteiger partial charge in [-0.25, -0.2) is 0 Å². The molecule has 1 heterocycles. The average molecular weight is 283 g/mol. The molecule has 0 aliphatic carbocycles. The minimum absolute atomic E-state index is 0.371. The van der Waals surface area contributed by atoms with Gasteiger partial charge in [-0.3, -0.25) is 4.68 Å². The van der Waals surface area contributed by atoms with Crippen LogP contribution in [-0.2, 0) is 13.7 Å². The SMILES string of the molecule is Cn1cc(COc2cc(N)ccc2Br)nn1. The zero-order chi connectivity index (χ0) is 11.5. The Hall–Kier alpha value is -1.56. The molecule has 0 radical (unpaired) electrons. The summed E-state index contributed by atoms with van der Waals surface area (Å²) in [7, 11) is 1.81. The second-order valence-electron chi connectivity index (χ2n) is 3.36. The number of hydrogen-bond acceptors (Lipinski definition) is 4. The maximum Gasteiger partial charge on any atom is 0.136 e. The minimum Gasteiger partial charge on any atom is -0.486 e. The molecule has 0 aliphatic rings. The smallest absolute Gasteiger partial charge is 0.136 e. The zero-order valence-electron chi connectivity index (χ0n) is 8.72. The van der Waals surface area contributed by atoms with E-state index in [4.69, 9.17) is 10.5 Å². The Kier molecular flexibility index (Phi) is 3.09. The fraction of sp³-hybridized carbons (Fsp3) is 0.200. The van der Waals surface area contributed by atoms with E-state index in [-0.39, 0.29) is 0 Å². The van der Waals surface area contributed by atoms with Crippen molar-refractivity contribution < 1.29 is 4.74 Å². The van der Waals surface area contributed by atoms with Crippen molar-refractivity contribution in [3.8, 4) is 5.75 Å². The molecule has 0 atom stereocenters. The lowest BCUT2D eigenvalue weighted by molar-refractivity contribution is 0.299. The van der Waals surface area contributed by atoms with E-state index in [0.29, 0.717) is 18.0 Å². The van der Waals surface area contributed by atoms with E-state index in [1.165, 1.54) is 0 Å². The lowest BCUT2D eigenvalue weighted by Crippen LogP contribution is -1.97. The molecule has 1 aromatic carbocycles. The first-order chi connectivity index (χ1) is 7.65. The van der Waals surface area contributed by atoms with Crippen LogP contribution in [0.15, 0.2) is 28.9 Å². The lowest BCUT2D eigenvalue weighted by Gasteiger charge is -2.06. The average Bonchev–Trinajstić information content (AvgIpc) is 2.66. The summed E-state index contributed by atoms with van der Waals surface area (Å²) in [4.78, 5) is 0. The second-order valence-corrected chi connectivity index (χ2v) is 4.22. The highest BCUT2D eigenvalue weighted by Gasteiger charge is 2.04. The summed E-state index contributed by atoms with van der Waals surface area (Å²) in [5, 5.41) is 7.74. The number of ether oxygens (including phenoxy) is 1. The molecule has 0 bridgehead atoms. The molecule has 6 heteroatoms. The van der Waals surface area contributed by atoms with E-state index in [1.807, 2.05) is 13.1 Å². The Bertz CT molecular complexity index is 497. The molecule has 0 spiro atoms. The number of nitrogen functional groups attached to an aromatic ring is 1. The van der Waals surface area contributed by atoms with Crippen molar-refractivity contribution in [1.29, 1.82) is 0 Å². The highest BCUT2D eigenvalue weighted by Crippen LogP contribution is 2.27. The maximum atomic E-state index is 5.67. The van der Waals surface area contributed by atoms with E-state index < -0.39 is 0 Å². The number of hydrogen-bond donors (Lipinski definition) is 1. The Labute approximate surface area is 101 Å². The molecule has 16 heavy (non-hydrogen) atoms. The van der Waals surface area contributed by atoms with Crippen LogP contribution in [0.25, 0.3) is 0 Å². The number of aryl methyl sites for hydroxylation is 1. The van der Waals surface area contributed by atoms with Gasteiger partial charge in [0.2, 0.25) is 0 Å². The molecule has 0 saturated heterocycles. The predicted octanol–water partition coefficient (Wildman–Crippen LogP) is 1.74. The topological polar surface area (TPSA) is 66.0 Å². The number of aromatic nitrogens is 3. The monoisotopic (exact) mass is 282 g/mol. The number of halogens is 1. The van der Waals surface area contributed by atoms with Gasteiger partial charge >= 0.3 is 0 Å². The molecule has 5 nitrogen and oxygen atoms in total. The van der Waals surface area contributed by atoms with Crippen LogP contribution in [0.5, 0.6) is 5.75 Å². The number of anilines is 1. The van der Waals surface area contributed by atoms with Crippen LogP contribution in [0.2, 0.25) is 0 Å². The second kappa shape index (κ2) is 4.52. The van der Waals surface area contributed by atoms with Gasteiger partial charge in [-0.05, 0) is 28.1 Å². The summed E-state index contributed by atoms with van der Waals surface area (Å²) in [6.07, 6.45) is 1.81. The van der Waals surface area contributed by atoms with Gasteiger partial charge in [0, 0.05) is 18.8 Å². The van der Waals surface area contributed by atoms with Crippen molar-refractivity contribution in [3.05, 3.63) is 34.6 Å². The molecule has 84 valence electrons. The van der Waals surface area contributed by atoms with Crippen molar-refractivity contribution in [2.24, 2.45) is 7.05 Å². The van der Waals surface area contributed by atoms with Crippen LogP contribution in [0.1, 0.15) is 5.69 Å². The molecular weight excluding hydrogens is 272 g/mol. The summed E-state index contributed by atoms with van der Waals surface area (Å²) >= 11 is 3.39. The van der Waals surface area contributed by atoms with Crippen LogP contribution in [0, 0.1) is 0 Å². The summed E-state index contributed by atoms with van der Waals surface area (Å²) in [5.41, 5.74) is 7.11. The van der Waals surface area contributed by atoms with Gasteiger partial charge in [-0.15, -0.1) is 5.10 Å². The first kappa shape index (κ1) is 10.9. The Morgan fingerprint density at radius 1 is 1.50 bits per heavy atom. The largest absolute Gasteiger partial charge is 0.486 e. The van der Waals surface area contributed by atoms with Crippen molar-refractivity contribution in [3.63, 3.8) is 0 Å². The maximum absolute atomic E-state index is 5.67. The predicted molar refractivity (Wildman–Crippen MR) is 63.9 cm³/mol. The van der Waals surface area contributed by atoms with Crippen LogP contribution in [0.4, 0.5) is 5.69 Å². The highest BCUT2D eigenvalue weighted by atomic mass is 79.9. The Balaban J connectivity index is 2.07. The van der Waals surface area contributed by atoms with Crippen molar-refractivity contribution in [1.82, 2.24) is 15.0 Å². The lowest BCUT2D eigenvalue weighted by atomic mass is 10.3. The fourth-order valence-electron chi connectivity index (χ4n) is 1.24. The van der Waals surface area contributed by atoms with Crippen LogP contribution in [-0.4, -0.2) is 15.0 Å². The number of nitrogens with zero attached hydrogens (tertiary/aromatic N) is 3. The van der Waals surface area contributed by atoms with E-state index >= 15 is 0 Å². The molecule has 0 saturated carbocycles. The zero-order valence-corrected chi connectivity index (χ0v) is 10.3. The van der Waals surface area contributed by atoms with Gasteiger partial charge in [-0.2, -0.15) is 0 Å². The fourth-order valence-corrected chi connectivity index (χ4v) is 1.60. The highest BCUT2D eigenvalue weighted by molar-refractivity contribution is 9.10. The van der Waals surface area contributed by atoms with Crippen molar-refractivity contribution in [2.75, 3.05) is 5.73 Å². The van der Waals surface area contributed by atoms with Crippen LogP contribution < -0.4 is 10.5 Å². The van der Waals surface area contributed by atoms with E-state index in [1.54, 1.807) is 23.0 Å². The molecule has 2 N–H and O–H groups in total. The molecule has 2 rings (SSSR count). The Morgan fingerprint density at radius 2 is 2.31 bits per heavy atom. The molecule has 1 aromatic heterocycles. The summed E-state index contributed by atoms with van der Waals surface area (Å²) < 4.78 is 8.07. The van der Waals surface area contributed by atoms with Gasteiger partial charge in [0.15, 0.2) is 0 Å². The molecule has 0 amide bonds. The molecule has 0 fully saturated rings. The Morgan fingerprint density at radius 3 is 3.00 bits per heavy atom. The summed E-state index contributed by atoms with van der Waals surface area (Å²) in [6.45, 7) is 0.371. The minimum atomic E-state index is 0.371. The van der Waals surface area contributed by atoms with E-state index in [0.717, 1.165) is 10.2 Å². The van der Waals surface area contributed by atoms with Gasteiger partial charge in [0.25, 0.3) is 0 Å². The molecular formula is C10H11BrN4O. The first-order valence-electron chi connectivity index (χ1n) is 4.68. The summed E-state index contributed by atoms with van der Waals surface area (Å²) in [5.74, 6) is 0.700. The number of nitrogens with two attached hydrogens (primary N) is 1. The standard InChI is InChI=1S/C10H11BrN4O/c1-15-5-8(13-14-15)6-16-10-4-7(12)2-3-9(10)11/h2-5H,6,12H2,1H3. The molecule has 0 aliphatic heterocycles. The van der Waals surface area contributed by atoms with Gasteiger partial charge in [-0.1, -0.05) is 5.21 Å². The summed E-state index contributed by atoms with van der Waals surface area (Å²) in [6, 6.07) is 5.42. The first-order valence-corrected chi connectivity index (χ1v) is 5.47. The normalized spacial score (nSPS) is 10.4. The third-order valence-electron chi connectivity index (χ3n) is 1.98. The quantitative estimate of drug-likeness (QED) is 0.871. The third-order valence-corrected chi connectivity index (χ3v) is 2.64.